The molecule has 0 aliphatic carbocycles. The van der Waals surface area contributed by atoms with E-state index in [0.29, 0.717) is 6.04 Å². The van der Waals surface area contributed by atoms with Gasteiger partial charge in [0, 0.05) is 6.04 Å². The third-order valence-corrected chi connectivity index (χ3v) is 4.08. The zero-order valence-corrected chi connectivity index (χ0v) is 13.2. The third-order valence-electron chi connectivity index (χ3n) is 4.08. The summed E-state index contributed by atoms with van der Waals surface area (Å²) in [5, 5.41) is 3.45. The summed E-state index contributed by atoms with van der Waals surface area (Å²) in [5.41, 5.74) is 4.18. The highest BCUT2D eigenvalue weighted by Crippen LogP contribution is 2.15. The maximum absolute atomic E-state index is 5.20. The minimum Gasteiger partial charge on any atom is -0.497 e. The van der Waals surface area contributed by atoms with Gasteiger partial charge in [0.25, 0.3) is 0 Å². The quantitative estimate of drug-likeness (QED) is 0.835. The highest BCUT2D eigenvalue weighted by atomic mass is 16.5. The zero-order valence-electron chi connectivity index (χ0n) is 13.2. The molecule has 1 N–H and O–H groups in total. The molecule has 0 radical (unpaired) electrons. The van der Waals surface area contributed by atoms with Gasteiger partial charge >= 0.3 is 0 Å². The molecular weight excluding hydrogens is 258 g/mol. The summed E-state index contributed by atoms with van der Waals surface area (Å²) in [5.74, 6) is 0.920. The topological polar surface area (TPSA) is 21.3 Å². The molecule has 0 bridgehead atoms. The number of methoxy groups -OCH3 is 1. The summed E-state index contributed by atoms with van der Waals surface area (Å²) in [7, 11) is 3.76. The Hall–Kier alpha value is -1.80. The van der Waals surface area contributed by atoms with E-state index in [-0.39, 0.29) is 0 Å². The van der Waals surface area contributed by atoms with Crippen molar-refractivity contribution in [1.82, 2.24) is 5.32 Å². The van der Waals surface area contributed by atoms with Gasteiger partial charge in [-0.05, 0) is 62.1 Å². The van der Waals surface area contributed by atoms with Gasteiger partial charge in [-0.2, -0.15) is 0 Å². The van der Waals surface area contributed by atoms with Crippen LogP contribution >= 0.6 is 0 Å². The monoisotopic (exact) mass is 283 g/mol. The lowest BCUT2D eigenvalue weighted by molar-refractivity contribution is 0.414. The summed E-state index contributed by atoms with van der Waals surface area (Å²) in [4.78, 5) is 0. The lowest BCUT2D eigenvalue weighted by Gasteiger charge is -2.17. The lowest BCUT2D eigenvalue weighted by atomic mass is 9.96. The van der Waals surface area contributed by atoms with Gasteiger partial charge in [-0.25, -0.2) is 0 Å². The molecule has 2 rings (SSSR count). The Morgan fingerprint density at radius 3 is 2.38 bits per heavy atom. The largest absolute Gasteiger partial charge is 0.497 e. The van der Waals surface area contributed by atoms with E-state index < -0.39 is 0 Å². The van der Waals surface area contributed by atoms with Crippen molar-refractivity contribution in [3.8, 4) is 5.75 Å². The van der Waals surface area contributed by atoms with Crippen molar-refractivity contribution < 1.29 is 4.74 Å². The molecule has 21 heavy (non-hydrogen) atoms. The molecule has 2 heteroatoms. The van der Waals surface area contributed by atoms with Crippen LogP contribution in [-0.4, -0.2) is 20.2 Å². The number of nitrogens with one attached hydrogen (secondary N) is 1. The molecule has 2 nitrogen and oxygen atoms in total. The van der Waals surface area contributed by atoms with E-state index in [1.807, 2.05) is 12.1 Å². The first-order valence-electron chi connectivity index (χ1n) is 7.57. The average molecular weight is 283 g/mol. The fraction of sp³-hybridized carbons (Fsp3) is 0.368. The van der Waals surface area contributed by atoms with Crippen molar-refractivity contribution in [3.63, 3.8) is 0 Å². The first kappa shape index (κ1) is 15.6. The molecule has 0 amide bonds. The standard InChI is InChI=1S/C19H25NO/c1-15-6-4-5-7-17(15)14-18(20-2)11-8-16-9-12-19(21-3)13-10-16/h4-7,9-10,12-13,18,20H,8,11,14H2,1-3H3. The smallest absolute Gasteiger partial charge is 0.118 e. The predicted molar refractivity (Wildman–Crippen MR) is 89.0 cm³/mol. The van der Waals surface area contributed by atoms with E-state index in [4.69, 9.17) is 4.74 Å². The van der Waals surface area contributed by atoms with Crippen LogP contribution in [-0.2, 0) is 12.8 Å². The highest BCUT2D eigenvalue weighted by molar-refractivity contribution is 5.28. The van der Waals surface area contributed by atoms with E-state index in [9.17, 15) is 0 Å². The fourth-order valence-corrected chi connectivity index (χ4v) is 2.59. The number of hydrogen-bond acceptors (Lipinski definition) is 2. The number of benzene rings is 2. The minimum absolute atomic E-state index is 0.508. The molecule has 2 aromatic carbocycles. The number of aryl methyl sites for hydroxylation is 2. The van der Waals surface area contributed by atoms with Gasteiger partial charge in [-0.3, -0.25) is 0 Å². The molecule has 1 unspecified atom stereocenters. The Morgan fingerprint density at radius 1 is 1.05 bits per heavy atom. The minimum atomic E-state index is 0.508. The molecule has 0 aliphatic rings. The van der Waals surface area contributed by atoms with Crippen LogP contribution in [0.2, 0.25) is 0 Å². The van der Waals surface area contributed by atoms with E-state index in [2.05, 4.69) is 55.7 Å². The first-order chi connectivity index (χ1) is 10.2. The molecule has 0 fully saturated rings. The van der Waals surface area contributed by atoms with Crippen molar-refractivity contribution in [3.05, 3.63) is 65.2 Å². The van der Waals surface area contributed by atoms with Crippen molar-refractivity contribution in [1.29, 1.82) is 0 Å². The van der Waals surface area contributed by atoms with E-state index in [1.165, 1.54) is 16.7 Å². The van der Waals surface area contributed by atoms with Gasteiger partial charge in [0.2, 0.25) is 0 Å². The Labute approximate surface area is 128 Å². The average Bonchev–Trinajstić information content (AvgIpc) is 2.53. The van der Waals surface area contributed by atoms with Crippen molar-refractivity contribution >= 4 is 0 Å². The zero-order chi connectivity index (χ0) is 15.1. The number of hydrogen-bond donors (Lipinski definition) is 1. The van der Waals surface area contributed by atoms with Crippen molar-refractivity contribution in [2.75, 3.05) is 14.2 Å². The molecule has 2 aromatic rings. The predicted octanol–water partition coefficient (Wildman–Crippen LogP) is 3.77. The normalized spacial score (nSPS) is 12.1. The van der Waals surface area contributed by atoms with E-state index in [0.717, 1.165) is 25.0 Å². The SMILES string of the molecule is CNC(CCc1ccc(OC)cc1)Cc1ccccc1C. The highest BCUT2D eigenvalue weighted by Gasteiger charge is 2.09. The molecule has 0 saturated carbocycles. The summed E-state index contributed by atoms with van der Waals surface area (Å²) >= 11 is 0. The third kappa shape index (κ3) is 4.61. The maximum Gasteiger partial charge on any atom is 0.118 e. The number of likely N-dealkylation sites (N-methyl/N-ethyl adjacent to an activating group) is 1. The molecule has 112 valence electrons. The molecular formula is C19H25NO. The summed E-state index contributed by atoms with van der Waals surface area (Å²) in [6.45, 7) is 2.19. The summed E-state index contributed by atoms with van der Waals surface area (Å²) in [6, 6.07) is 17.5. The molecule has 0 heterocycles. The second-order valence-electron chi connectivity index (χ2n) is 5.50. The maximum atomic E-state index is 5.20. The molecule has 0 aliphatic heterocycles. The van der Waals surface area contributed by atoms with E-state index >= 15 is 0 Å². The van der Waals surface area contributed by atoms with Crippen molar-refractivity contribution in [2.24, 2.45) is 0 Å². The molecule has 0 spiro atoms. The van der Waals surface area contributed by atoms with Crippen LogP contribution in [0.5, 0.6) is 5.75 Å². The second kappa shape index (κ2) is 7.84. The van der Waals surface area contributed by atoms with Gasteiger partial charge in [-0.15, -0.1) is 0 Å². The van der Waals surface area contributed by atoms with Crippen LogP contribution in [0.3, 0.4) is 0 Å². The van der Waals surface area contributed by atoms with E-state index in [1.54, 1.807) is 7.11 Å². The van der Waals surface area contributed by atoms with Gasteiger partial charge in [0.05, 0.1) is 7.11 Å². The first-order valence-corrected chi connectivity index (χ1v) is 7.57. The Kier molecular flexibility index (Phi) is 5.82. The van der Waals surface area contributed by atoms with Crippen LogP contribution in [0, 0.1) is 6.92 Å². The van der Waals surface area contributed by atoms with Gasteiger partial charge < -0.3 is 10.1 Å². The van der Waals surface area contributed by atoms with Crippen LogP contribution in [0.15, 0.2) is 48.5 Å². The Balaban J connectivity index is 1.91. The fourth-order valence-electron chi connectivity index (χ4n) is 2.59. The number of rotatable bonds is 7. The Bertz CT molecular complexity index is 548. The molecule has 1 atom stereocenters. The van der Waals surface area contributed by atoms with Crippen molar-refractivity contribution in [2.45, 2.75) is 32.2 Å². The lowest BCUT2D eigenvalue weighted by Crippen LogP contribution is -2.28. The number of ether oxygens (including phenoxy) is 1. The second-order valence-corrected chi connectivity index (χ2v) is 5.50. The summed E-state index contributed by atoms with van der Waals surface area (Å²) in [6.07, 6.45) is 3.30. The van der Waals surface area contributed by atoms with Crippen LogP contribution in [0.4, 0.5) is 0 Å². The van der Waals surface area contributed by atoms with Crippen LogP contribution < -0.4 is 10.1 Å². The molecule has 0 aromatic heterocycles. The van der Waals surface area contributed by atoms with Gasteiger partial charge in [0.1, 0.15) is 5.75 Å². The Morgan fingerprint density at radius 2 is 1.76 bits per heavy atom. The van der Waals surface area contributed by atoms with Crippen LogP contribution in [0.25, 0.3) is 0 Å². The van der Waals surface area contributed by atoms with Gasteiger partial charge in [-0.1, -0.05) is 36.4 Å². The molecule has 0 saturated heterocycles. The van der Waals surface area contributed by atoms with Crippen LogP contribution in [0.1, 0.15) is 23.1 Å². The van der Waals surface area contributed by atoms with Gasteiger partial charge in [0.15, 0.2) is 0 Å². The summed E-state index contributed by atoms with van der Waals surface area (Å²) < 4.78 is 5.20.